The molecule has 2 fully saturated rings. The van der Waals surface area contributed by atoms with Gasteiger partial charge in [0.25, 0.3) is 0 Å². The Morgan fingerprint density at radius 3 is 2.59 bits per heavy atom. The number of amides is 1. The van der Waals surface area contributed by atoms with E-state index in [1.54, 1.807) is 13.2 Å². The number of aliphatic hydroxyl groups is 1. The summed E-state index contributed by atoms with van der Waals surface area (Å²) in [6, 6.07) is 6.71. The van der Waals surface area contributed by atoms with Gasteiger partial charge in [-0.2, -0.15) is 0 Å². The lowest BCUT2D eigenvalue weighted by molar-refractivity contribution is -0.0359. The van der Waals surface area contributed by atoms with Gasteiger partial charge in [-0.1, -0.05) is 6.07 Å². The smallest absolute Gasteiger partial charge is 0.407 e. The van der Waals surface area contributed by atoms with Crippen LogP contribution in [0.5, 0.6) is 11.5 Å². The van der Waals surface area contributed by atoms with Gasteiger partial charge in [-0.3, -0.25) is 4.90 Å². The van der Waals surface area contributed by atoms with Crippen molar-refractivity contribution in [3.05, 3.63) is 24.3 Å². The van der Waals surface area contributed by atoms with Crippen LogP contribution in [0, 0.1) is 0 Å². The zero-order valence-electron chi connectivity index (χ0n) is 17.6. The maximum atomic E-state index is 12.4. The summed E-state index contributed by atoms with van der Waals surface area (Å²) in [7, 11) is 1.60. The Hall–Kier alpha value is -2.03. The number of hydrogen-bond donors (Lipinski definition) is 2. The second-order valence-corrected chi connectivity index (χ2v) is 8.45. The van der Waals surface area contributed by atoms with E-state index in [-0.39, 0.29) is 12.1 Å². The SMILES string of the molecule is COc1cccc(O[C@@H]2C[C@@H](NC(=O)OC(C)(C)C)[C@H](N3CCOCC3)[C@H]2O)c1. The Bertz CT molecular complexity index is 686. The van der Waals surface area contributed by atoms with Crippen LogP contribution >= 0.6 is 0 Å². The van der Waals surface area contributed by atoms with E-state index in [1.807, 2.05) is 39.0 Å². The van der Waals surface area contributed by atoms with E-state index >= 15 is 0 Å². The number of aliphatic hydroxyl groups excluding tert-OH is 1. The maximum Gasteiger partial charge on any atom is 0.407 e. The summed E-state index contributed by atoms with van der Waals surface area (Å²) in [6.45, 7) is 8.06. The summed E-state index contributed by atoms with van der Waals surface area (Å²) >= 11 is 0. The molecule has 29 heavy (non-hydrogen) atoms. The number of nitrogens with one attached hydrogen (secondary N) is 1. The first kappa shape index (κ1) is 21.7. The third-order valence-corrected chi connectivity index (χ3v) is 5.13. The number of morpholine rings is 1. The summed E-state index contributed by atoms with van der Waals surface area (Å²) in [5.41, 5.74) is -0.591. The van der Waals surface area contributed by atoms with Crippen molar-refractivity contribution in [2.24, 2.45) is 0 Å². The predicted molar refractivity (Wildman–Crippen MR) is 107 cm³/mol. The molecule has 1 saturated heterocycles. The Morgan fingerprint density at radius 1 is 1.24 bits per heavy atom. The Kier molecular flexibility index (Phi) is 6.87. The summed E-state index contributed by atoms with van der Waals surface area (Å²) in [6.07, 6.45) is -1.25. The van der Waals surface area contributed by atoms with Gasteiger partial charge < -0.3 is 29.4 Å². The van der Waals surface area contributed by atoms with Gasteiger partial charge in [-0.15, -0.1) is 0 Å². The van der Waals surface area contributed by atoms with Gasteiger partial charge in [-0.25, -0.2) is 4.79 Å². The average molecular weight is 408 g/mol. The summed E-state index contributed by atoms with van der Waals surface area (Å²) in [4.78, 5) is 14.5. The molecule has 0 radical (unpaired) electrons. The minimum atomic E-state index is -0.765. The van der Waals surface area contributed by atoms with Crippen molar-refractivity contribution in [3.63, 3.8) is 0 Å². The first-order valence-electron chi connectivity index (χ1n) is 10.1. The fourth-order valence-corrected chi connectivity index (χ4v) is 3.90. The monoisotopic (exact) mass is 408 g/mol. The van der Waals surface area contributed by atoms with Crippen LogP contribution in [0.1, 0.15) is 27.2 Å². The fourth-order valence-electron chi connectivity index (χ4n) is 3.90. The fraction of sp³-hybridized carbons (Fsp3) is 0.667. The molecule has 1 saturated carbocycles. The molecule has 1 aromatic rings. The highest BCUT2D eigenvalue weighted by Gasteiger charge is 2.48. The van der Waals surface area contributed by atoms with E-state index in [9.17, 15) is 9.90 Å². The minimum Gasteiger partial charge on any atom is -0.497 e. The van der Waals surface area contributed by atoms with Gasteiger partial charge in [0.2, 0.25) is 0 Å². The zero-order chi connectivity index (χ0) is 21.0. The average Bonchev–Trinajstić information content (AvgIpc) is 2.95. The first-order valence-corrected chi connectivity index (χ1v) is 10.1. The number of benzene rings is 1. The second kappa shape index (κ2) is 9.19. The molecule has 1 heterocycles. The molecule has 3 rings (SSSR count). The van der Waals surface area contributed by atoms with E-state index in [0.717, 1.165) is 0 Å². The molecule has 0 bridgehead atoms. The molecule has 0 aromatic heterocycles. The van der Waals surface area contributed by atoms with Crippen molar-refractivity contribution in [1.82, 2.24) is 10.2 Å². The molecule has 162 valence electrons. The number of alkyl carbamates (subject to hydrolysis) is 1. The lowest BCUT2D eigenvalue weighted by atomic mass is 10.1. The highest BCUT2D eigenvalue weighted by Crippen LogP contribution is 2.31. The highest BCUT2D eigenvalue weighted by molar-refractivity contribution is 5.68. The first-order chi connectivity index (χ1) is 13.8. The van der Waals surface area contributed by atoms with Gasteiger partial charge in [-0.05, 0) is 32.9 Å². The van der Waals surface area contributed by atoms with Crippen molar-refractivity contribution in [2.45, 2.75) is 57.1 Å². The molecule has 1 amide bonds. The van der Waals surface area contributed by atoms with E-state index < -0.39 is 23.9 Å². The van der Waals surface area contributed by atoms with Gasteiger partial charge in [0.15, 0.2) is 0 Å². The predicted octanol–water partition coefficient (Wildman–Crippen LogP) is 1.80. The van der Waals surface area contributed by atoms with Gasteiger partial charge in [0.1, 0.15) is 29.3 Å². The Balaban J connectivity index is 1.74. The maximum absolute atomic E-state index is 12.4. The third kappa shape index (κ3) is 5.74. The summed E-state index contributed by atoms with van der Waals surface area (Å²) < 4.78 is 22.2. The molecule has 1 aliphatic carbocycles. The van der Waals surface area contributed by atoms with Gasteiger partial charge in [0.05, 0.1) is 32.4 Å². The van der Waals surface area contributed by atoms with Gasteiger partial charge in [0, 0.05) is 25.6 Å². The second-order valence-electron chi connectivity index (χ2n) is 8.45. The number of carbonyl (C=O) groups excluding carboxylic acids is 1. The minimum absolute atomic E-state index is 0.276. The van der Waals surface area contributed by atoms with E-state index in [2.05, 4.69) is 10.2 Å². The van der Waals surface area contributed by atoms with E-state index in [0.29, 0.717) is 44.2 Å². The lowest BCUT2D eigenvalue weighted by Gasteiger charge is -2.37. The topological polar surface area (TPSA) is 89.5 Å². The molecule has 0 unspecified atom stereocenters. The quantitative estimate of drug-likeness (QED) is 0.768. The van der Waals surface area contributed by atoms with Crippen LogP contribution in [0.3, 0.4) is 0 Å². The largest absolute Gasteiger partial charge is 0.497 e. The number of nitrogens with zero attached hydrogens (tertiary/aromatic N) is 1. The van der Waals surface area contributed by atoms with Crippen LogP contribution in [-0.2, 0) is 9.47 Å². The van der Waals surface area contributed by atoms with Crippen LogP contribution in [0.15, 0.2) is 24.3 Å². The molecule has 1 aromatic carbocycles. The van der Waals surface area contributed by atoms with Crippen LogP contribution in [0.25, 0.3) is 0 Å². The molecule has 8 nitrogen and oxygen atoms in total. The number of carbonyl (C=O) groups is 1. The van der Waals surface area contributed by atoms with E-state index in [4.69, 9.17) is 18.9 Å². The highest BCUT2D eigenvalue weighted by atomic mass is 16.6. The van der Waals surface area contributed by atoms with Crippen molar-refractivity contribution < 1.29 is 28.8 Å². The lowest BCUT2D eigenvalue weighted by Crippen LogP contribution is -2.56. The normalized spacial score (nSPS) is 28.0. The van der Waals surface area contributed by atoms with Crippen LogP contribution in [0.4, 0.5) is 4.79 Å². The molecular formula is C21H32N2O6. The van der Waals surface area contributed by atoms with Crippen molar-refractivity contribution in [2.75, 3.05) is 33.4 Å². The van der Waals surface area contributed by atoms with Crippen LogP contribution in [-0.4, -0.2) is 79.4 Å². The molecule has 4 atom stereocenters. The van der Waals surface area contributed by atoms with Crippen LogP contribution in [0.2, 0.25) is 0 Å². The molecule has 0 spiro atoms. The Labute approximate surface area is 172 Å². The number of methoxy groups -OCH3 is 1. The molecule has 1 aliphatic heterocycles. The van der Waals surface area contributed by atoms with Crippen molar-refractivity contribution in [3.8, 4) is 11.5 Å². The number of rotatable bonds is 5. The standard InChI is InChI=1S/C21H32N2O6/c1-21(2,3)29-20(25)22-16-13-17(28-15-7-5-6-14(12-15)26-4)19(24)18(16)23-8-10-27-11-9-23/h5-7,12,16-19,24H,8-11,13H2,1-4H3,(H,22,25)/t16-,17-,18+,19+/m1/s1. The Morgan fingerprint density at radius 2 is 1.93 bits per heavy atom. The van der Waals surface area contributed by atoms with Crippen molar-refractivity contribution >= 4 is 6.09 Å². The third-order valence-electron chi connectivity index (χ3n) is 5.13. The van der Waals surface area contributed by atoms with Crippen LogP contribution < -0.4 is 14.8 Å². The molecule has 8 heteroatoms. The number of hydrogen-bond acceptors (Lipinski definition) is 7. The summed E-state index contributed by atoms with van der Waals surface area (Å²) in [5, 5.41) is 14.0. The van der Waals surface area contributed by atoms with Crippen molar-refractivity contribution in [1.29, 1.82) is 0 Å². The molecular weight excluding hydrogens is 376 g/mol. The van der Waals surface area contributed by atoms with E-state index in [1.165, 1.54) is 0 Å². The zero-order valence-corrected chi connectivity index (χ0v) is 17.6. The van der Waals surface area contributed by atoms with Gasteiger partial charge >= 0.3 is 6.09 Å². The molecule has 2 N–H and O–H groups in total. The molecule has 2 aliphatic rings. The number of ether oxygens (including phenoxy) is 4. The summed E-state index contributed by atoms with van der Waals surface area (Å²) in [5.74, 6) is 1.30.